The maximum absolute atomic E-state index is 12.8. The molecule has 1 spiro atoms. The minimum atomic E-state index is -1.75. The van der Waals surface area contributed by atoms with Crippen molar-refractivity contribution in [3.05, 3.63) is 0 Å². The van der Waals surface area contributed by atoms with Gasteiger partial charge in [0.25, 0.3) is 0 Å². The third-order valence-electron chi connectivity index (χ3n) is 11.3. The van der Waals surface area contributed by atoms with Crippen LogP contribution in [-0.4, -0.2) is 119 Å². The summed E-state index contributed by atoms with van der Waals surface area (Å²) in [5.74, 6) is -2.29. The van der Waals surface area contributed by atoms with Crippen LogP contribution in [0.1, 0.15) is 26.2 Å². The molecule has 5 N–H and O–H groups in total. The summed E-state index contributed by atoms with van der Waals surface area (Å²) in [5, 5.41) is 60.3. The summed E-state index contributed by atoms with van der Waals surface area (Å²) < 4.78 is 17.5. The first-order valence-electron chi connectivity index (χ1n) is 12.4. The predicted molar refractivity (Wildman–Crippen MR) is 115 cm³/mol. The van der Waals surface area contributed by atoms with Gasteiger partial charge in [-0.1, -0.05) is 6.92 Å². The zero-order valence-corrected chi connectivity index (χ0v) is 19.9. The molecular weight excluding hydrogens is 430 g/mol. The van der Waals surface area contributed by atoms with Crippen molar-refractivity contribution in [2.24, 2.45) is 34.5 Å². The molecule has 5 aliphatic carbocycles. The number of ether oxygens (including phenoxy) is 3. The summed E-state index contributed by atoms with van der Waals surface area (Å²) in [6, 6.07) is -0.618. The van der Waals surface area contributed by atoms with Crippen LogP contribution in [0.2, 0.25) is 0 Å². The van der Waals surface area contributed by atoms with Gasteiger partial charge in [0.1, 0.15) is 11.2 Å². The average Bonchev–Trinajstić information content (AvgIpc) is 3.09. The third-order valence-corrected chi connectivity index (χ3v) is 11.3. The highest BCUT2D eigenvalue weighted by Gasteiger charge is 2.92. The van der Waals surface area contributed by atoms with Crippen molar-refractivity contribution in [3.8, 4) is 0 Å². The van der Waals surface area contributed by atoms with E-state index in [1.54, 1.807) is 14.2 Å². The number of hydrogen-bond donors (Lipinski definition) is 5. The molecule has 9 nitrogen and oxygen atoms in total. The van der Waals surface area contributed by atoms with Gasteiger partial charge >= 0.3 is 0 Å². The van der Waals surface area contributed by atoms with Crippen molar-refractivity contribution in [2.75, 3.05) is 41.0 Å². The first-order valence-corrected chi connectivity index (χ1v) is 12.4. The normalized spacial score (nSPS) is 63.2. The van der Waals surface area contributed by atoms with E-state index >= 15 is 0 Å². The van der Waals surface area contributed by atoms with Gasteiger partial charge in [0.2, 0.25) is 0 Å². The van der Waals surface area contributed by atoms with E-state index in [-0.39, 0.29) is 12.3 Å². The van der Waals surface area contributed by atoms with Crippen molar-refractivity contribution in [1.29, 1.82) is 0 Å². The predicted octanol–water partition coefficient (Wildman–Crippen LogP) is -1.41. The standard InChI is InChI=1S/C24H39NO8/c1-5-25-9-21(10-31-2)7-6-12(26)23-15-14-16(27)13(17(15)28)11(32-3)8-22(14,29)24(30,20(23)25)19(33-4)18(21)23/h11-20,26-30H,5-10H2,1-4H3/t11-,12-,13+,14+,15-,16-,17+,18+,19-,20?,21-,22+,23+,24+/m0/s1. The Hall–Kier alpha value is -0.360. The highest BCUT2D eigenvalue weighted by atomic mass is 16.5. The fourth-order valence-electron chi connectivity index (χ4n) is 10.7. The van der Waals surface area contributed by atoms with E-state index < -0.39 is 76.3 Å². The van der Waals surface area contributed by atoms with E-state index in [2.05, 4.69) is 4.90 Å². The van der Waals surface area contributed by atoms with Crippen LogP contribution < -0.4 is 0 Å². The van der Waals surface area contributed by atoms with Crippen LogP contribution in [0.3, 0.4) is 0 Å². The summed E-state index contributed by atoms with van der Waals surface area (Å²) >= 11 is 0. The quantitative estimate of drug-likeness (QED) is 0.329. The monoisotopic (exact) mass is 469 g/mol. The maximum atomic E-state index is 12.8. The molecule has 0 radical (unpaired) electrons. The molecule has 7 bridgehead atoms. The lowest BCUT2D eigenvalue weighted by atomic mass is 9.42. The lowest BCUT2D eigenvalue weighted by Gasteiger charge is -2.69. The fraction of sp³-hybridized carbons (Fsp3) is 1.00. The Bertz CT molecular complexity index is 830. The lowest BCUT2D eigenvalue weighted by molar-refractivity contribution is -0.319. The van der Waals surface area contributed by atoms with Crippen LogP contribution in [0.25, 0.3) is 0 Å². The first kappa shape index (κ1) is 23.1. The largest absolute Gasteiger partial charge is 0.392 e. The molecule has 0 aromatic rings. The first-order chi connectivity index (χ1) is 15.7. The summed E-state index contributed by atoms with van der Waals surface area (Å²) in [7, 11) is 4.74. The SMILES string of the molecule is CCN1C[C@]2(COC)CC[C@H](O)[C@]34C1[C@](O)([C@@H](OC)[C@H]23)[C@@]1(O)C[C@H](OC)[C@H]2[C@@H](O)[C@@H]4[C@@H]1[C@H]2O. The molecular formula is C24H39NO8. The molecule has 5 saturated carbocycles. The van der Waals surface area contributed by atoms with Gasteiger partial charge in [-0.3, -0.25) is 4.90 Å². The molecule has 9 heteroatoms. The zero-order valence-electron chi connectivity index (χ0n) is 19.9. The number of fused-ring (bicyclic) bond motifs is 2. The Morgan fingerprint density at radius 1 is 1.00 bits per heavy atom. The third kappa shape index (κ3) is 2.12. The Balaban J connectivity index is 1.69. The second kappa shape index (κ2) is 6.89. The average molecular weight is 470 g/mol. The number of rotatable bonds is 5. The van der Waals surface area contributed by atoms with Crippen LogP contribution in [0, 0.1) is 34.5 Å². The summed E-state index contributed by atoms with van der Waals surface area (Å²) in [6.45, 7) is 3.73. The van der Waals surface area contributed by atoms with Gasteiger partial charge in [-0.25, -0.2) is 0 Å². The van der Waals surface area contributed by atoms with Crippen molar-refractivity contribution in [2.45, 2.75) is 73.9 Å². The van der Waals surface area contributed by atoms with Gasteiger partial charge in [-0.2, -0.15) is 0 Å². The number of aliphatic hydroxyl groups excluding tert-OH is 3. The smallest absolute Gasteiger partial charge is 0.136 e. The minimum absolute atomic E-state index is 0.101. The van der Waals surface area contributed by atoms with Gasteiger partial charge in [0.15, 0.2) is 0 Å². The number of nitrogens with zero attached hydrogens (tertiary/aromatic N) is 1. The van der Waals surface area contributed by atoms with Crippen LogP contribution in [0.15, 0.2) is 0 Å². The van der Waals surface area contributed by atoms with Crippen molar-refractivity contribution < 1.29 is 39.7 Å². The molecule has 1 unspecified atom stereocenters. The van der Waals surface area contributed by atoms with Crippen molar-refractivity contribution in [3.63, 3.8) is 0 Å². The zero-order chi connectivity index (χ0) is 23.7. The van der Waals surface area contributed by atoms with Crippen molar-refractivity contribution in [1.82, 2.24) is 4.90 Å². The molecule has 33 heavy (non-hydrogen) atoms. The number of hydrogen-bond acceptors (Lipinski definition) is 9. The fourth-order valence-corrected chi connectivity index (χ4v) is 10.7. The van der Waals surface area contributed by atoms with Gasteiger partial charge < -0.3 is 39.7 Å². The number of aliphatic hydroxyl groups is 5. The number of methoxy groups -OCH3 is 3. The molecule has 0 aromatic carbocycles. The van der Waals surface area contributed by atoms with E-state index in [9.17, 15) is 25.5 Å². The Labute approximate surface area is 194 Å². The van der Waals surface area contributed by atoms with E-state index in [0.29, 0.717) is 32.5 Å². The van der Waals surface area contributed by atoms with E-state index in [0.717, 1.165) is 0 Å². The van der Waals surface area contributed by atoms with Crippen LogP contribution in [0.4, 0.5) is 0 Å². The van der Waals surface area contributed by atoms with Gasteiger partial charge in [0.05, 0.1) is 43.2 Å². The topological polar surface area (TPSA) is 132 Å². The van der Waals surface area contributed by atoms with E-state index in [1.165, 1.54) is 7.11 Å². The molecule has 6 fully saturated rings. The Morgan fingerprint density at radius 2 is 1.70 bits per heavy atom. The lowest BCUT2D eigenvalue weighted by Crippen LogP contribution is -2.82. The highest BCUT2D eigenvalue weighted by molar-refractivity contribution is 5.42. The maximum Gasteiger partial charge on any atom is 0.136 e. The minimum Gasteiger partial charge on any atom is -0.392 e. The molecule has 6 rings (SSSR count). The molecule has 1 heterocycles. The van der Waals surface area contributed by atoms with Gasteiger partial charge in [-0.15, -0.1) is 0 Å². The van der Waals surface area contributed by atoms with E-state index in [4.69, 9.17) is 14.2 Å². The molecule has 1 aliphatic heterocycles. The van der Waals surface area contributed by atoms with Crippen LogP contribution in [-0.2, 0) is 14.2 Å². The van der Waals surface area contributed by atoms with Crippen molar-refractivity contribution >= 4 is 0 Å². The van der Waals surface area contributed by atoms with Gasteiger partial charge in [-0.05, 0) is 19.4 Å². The summed E-state index contributed by atoms with van der Waals surface area (Å²) in [4.78, 5) is 2.18. The van der Waals surface area contributed by atoms with Crippen LogP contribution >= 0.6 is 0 Å². The number of likely N-dealkylation sites (N-methyl/N-ethyl adjacent to an activating group) is 1. The second-order valence-corrected chi connectivity index (χ2v) is 11.8. The summed E-state index contributed by atoms with van der Waals surface area (Å²) in [5.41, 5.74) is -4.85. The van der Waals surface area contributed by atoms with Crippen LogP contribution in [0.5, 0.6) is 0 Å². The Kier molecular flexibility index (Phi) is 4.82. The highest BCUT2D eigenvalue weighted by Crippen LogP contribution is 2.80. The van der Waals surface area contributed by atoms with E-state index in [1.807, 2.05) is 6.92 Å². The van der Waals surface area contributed by atoms with Gasteiger partial charge in [0, 0.05) is 68.8 Å². The molecule has 188 valence electrons. The Morgan fingerprint density at radius 3 is 2.30 bits per heavy atom. The second-order valence-electron chi connectivity index (χ2n) is 11.8. The molecule has 0 aromatic heterocycles. The summed E-state index contributed by atoms with van der Waals surface area (Å²) in [6.07, 6.45) is -2.91. The molecule has 1 saturated heterocycles. The number of piperidine rings is 1. The molecule has 14 atom stereocenters. The molecule has 6 aliphatic rings. The number of likely N-dealkylation sites (tertiary alicyclic amines) is 1. The molecule has 0 amide bonds.